The van der Waals surface area contributed by atoms with E-state index in [1.54, 1.807) is 7.11 Å². The molecule has 1 fully saturated rings. The van der Waals surface area contributed by atoms with Crippen molar-refractivity contribution in [2.45, 2.75) is 31.3 Å². The summed E-state index contributed by atoms with van der Waals surface area (Å²) in [5.41, 5.74) is -0.279. The van der Waals surface area contributed by atoms with Crippen LogP contribution < -0.4 is 0 Å². The summed E-state index contributed by atoms with van der Waals surface area (Å²) in [6.07, 6.45) is 3.90. The summed E-state index contributed by atoms with van der Waals surface area (Å²) in [4.78, 5) is 0. The third-order valence-electron chi connectivity index (χ3n) is 1.82. The molecule has 1 saturated carbocycles. The zero-order chi connectivity index (χ0) is 6.74. The van der Waals surface area contributed by atoms with Gasteiger partial charge in [0.15, 0.2) is 0 Å². The summed E-state index contributed by atoms with van der Waals surface area (Å²) in [7, 11) is 1.69. The molecule has 0 aliphatic heterocycles. The minimum absolute atomic E-state index is 0.279. The highest BCUT2D eigenvalue weighted by atomic mass is 16.5. The van der Waals surface area contributed by atoms with E-state index < -0.39 is 0 Å². The van der Waals surface area contributed by atoms with E-state index in [4.69, 9.17) is 4.74 Å². The first-order chi connectivity index (χ1) is 4.27. The highest BCUT2D eigenvalue weighted by Crippen LogP contribution is 2.39. The lowest BCUT2D eigenvalue weighted by Crippen LogP contribution is -2.07. The van der Waals surface area contributed by atoms with Crippen LogP contribution in [0.4, 0.5) is 0 Å². The molecule has 9 heavy (non-hydrogen) atoms. The van der Waals surface area contributed by atoms with Crippen molar-refractivity contribution in [3.8, 4) is 0 Å². The summed E-state index contributed by atoms with van der Waals surface area (Å²) in [5.74, 6) is 0. The molecule has 0 heterocycles. The Labute approximate surface area is 55.8 Å². The van der Waals surface area contributed by atoms with Crippen LogP contribution in [0.3, 0.4) is 0 Å². The van der Waals surface area contributed by atoms with E-state index >= 15 is 0 Å². The number of hydrogen-bond acceptors (Lipinski definition) is 2. The van der Waals surface area contributed by atoms with Gasteiger partial charge in [0.2, 0.25) is 0 Å². The first-order valence-electron chi connectivity index (χ1n) is 3.48. The average molecular weight is 130 g/mol. The Morgan fingerprint density at radius 3 is 2.67 bits per heavy atom. The summed E-state index contributed by atoms with van der Waals surface area (Å²) in [5, 5.41) is 9.30. The van der Waals surface area contributed by atoms with Gasteiger partial charge < -0.3 is 9.84 Å². The van der Waals surface area contributed by atoms with Gasteiger partial charge in [-0.15, -0.1) is 0 Å². The lowest BCUT2D eigenvalue weighted by Gasteiger charge is -2.04. The predicted molar refractivity (Wildman–Crippen MR) is 35.3 cm³/mol. The van der Waals surface area contributed by atoms with Crippen LogP contribution in [0.2, 0.25) is 0 Å². The number of ether oxygens (including phenoxy) is 1. The van der Waals surface area contributed by atoms with E-state index in [0.29, 0.717) is 0 Å². The molecule has 0 aromatic rings. The molecule has 54 valence electrons. The van der Waals surface area contributed by atoms with Gasteiger partial charge in [-0.3, -0.25) is 0 Å². The predicted octanol–water partition coefficient (Wildman–Crippen LogP) is 0.938. The number of hydrogen-bond donors (Lipinski definition) is 1. The lowest BCUT2D eigenvalue weighted by atomic mass is 10.2. The monoisotopic (exact) mass is 130 g/mol. The third kappa shape index (κ3) is 2.33. The van der Waals surface area contributed by atoms with Crippen LogP contribution in [-0.4, -0.2) is 24.4 Å². The molecule has 1 aliphatic rings. The van der Waals surface area contributed by atoms with Crippen molar-refractivity contribution >= 4 is 0 Å². The fourth-order valence-corrected chi connectivity index (χ4v) is 0.940. The maximum Gasteiger partial charge on any atom is 0.0650 e. The van der Waals surface area contributed by atoms with Crippen molar-refractivity contribution in [3.63, 3.8) is 0 Å². The highest BCUT2D eigenvalue weighted by molar-refractivity contribution is 4.92. The molecule has 2 nitrogen and oxygen atoms in total. The van der Waals surface area contributed by atoms with Gasteiger partial charge in [-0.2, -0.15) is 0 Å². The Balaban J connectivity index is 1.92. The van der Waals surface area contributed by atoms with Gasteiger partial charge in [-0.05, 0) is 25.7 Å². The summed E-state index contributed by atoms with van der Waals surface area (Å²) < 4.78 is 4.85. The van der Waals surface area contributed by atoms with E-state index in [1.165, 1.54) is 0 Å². The molecule has 0 aromatic heterocycles. The Kier molecular flexibility index (Phi) is 2.09. The maximum absolute atomic E-state index is 9.30. The highest BCUT2D eigenvalue weighted by Gasteiger charge is 2.39. The molecule has 1 aliphatic carbocycles. The minimum atomic E-state index is -0.279. The van der Waals surface area contributed by atoms with E-state index in [0.717, 1.165) is 32.3 Å². The minimum Gasteiger partial charge on any atom is -0.390 e. The summed E-state index contributed by atoms with van der Waals surface area (Å²) >= 11 is 0. The molecule has 0 radical (unpaired) electrons. The normalized spacial score (nSPS) is 22.0. The van der Waals surface area contributed by atoms with Gasteiger partial charge in [0, 0.05) is 13.7 Å². The van der Waals surface area contributed by atoms with Crippen LogP contribution in [-0.2, 0) is 4.74 Å². The molecule has 0 aromatic carbocycles. The largest absolute Gasteiger partial charge is 0.390 e. The molecular weight excluding hydrogens is 116 g/mol. The van der Waals surface area contributed by atoms with Gasteiger partial charge in [0.25, 0.3) is 0 Å². The Morgan fingerprint density at radius 1 is 1.56 bits per heavy atom. The molecule has 0 atom stereocenters. The SMILES string of the molecule is COCCCC1(O)CC1. The Bertz CT molecular complexity index is 86.9. The van der Waals surface area contributed by atoms with Gasteiger partial charge in [-0.25, -0.2) is 0 Å². The fourth-order valence-electron chi connectivity index (χ4n) is 0.940. The molecule has 0 unspecified atom stereocenters. The quantitative estimate of drug-likeness (QED) is 0.574. The van der Waals surface area contributed by atoms with Gasteiger partial charge in [-0.1, -0.05) is 0 Å². The van der Waals surface area contributed by atoms with E-state index in [2.05, 4.69) is 0 Å². The smallest absolute Gasteiger partial charge is 0.0650 e. The first kappa shape index (κ1) is 7.03. The van der Waals surface area contributed by atoms with Crippen LogP contribution in [0.1, 0.15) is 25.7 Å². The zero-order valence-corrected chi connectivity index (χ0v) is 5.89. The van der Waals surface area contributed by atoms with E-state index in [-0.39, 0.29) is 5.60 Å². The second kappa shape index (κ2) is 2.67. The molecule has 2 heteroatoms. The second-order valence-electron chi connectivity index (χ2n) is 2.82. The van der Waals surface area contributed by atoms with E-state index in [1.807, 2.05) is 0 Å². The number of methoxy groups -OCH3 is 1. The zero-order valence-electron chi connectivity index (χ0n) is 5.89. The second-order valence-corrected chi connectivity index (χ2v) is 2.82. The molecule has 1 rings (SSSR count). The standard InChI is InChI=1S/C7H14O2/c1-9-6-2-3-7(8)4-5-7/h8H,2-6H2,1H3. The first-order valence-corrected chi connectivity index (χ1v) is 3.48. The molecule has 0 saturated heterocycles. The number of aliphatic hydroxyl groups is 1. The van der Waals surface area contributed by atoms with Crippen LogP contribution >= 0.6 is 0 Å². The molecular formula is C7H14O2. The van der Waals surface area contributed by atoms with Crippen molar-refractivity contribution in [2.75, 3.05) is 13.7 Å². The topological polar surface area (TPSA) is 29.5 Å². The van der Waals surface area contributed by atoms with Gasteiger partial charge >= 0.3 is 0 Å². The Hall–Kier alpha value is -0.0800. The van der Waals surface area contributed by atoms with Crippen LogP contribution in [0.25, 0.3) is 0 Å². The molecule has 1 N–H and O–H groups in total. The third-order valence-corrected chi connectivity index (χ3v) is 1.82. The van der Waals surface area contributed by atoms with E-state index in [9.17, 15) is 5.11 Å². The van der Waals surface area contributed by atoms with Gasteiger partial charge in [0.05, 0.1) is 5.60 Å². The van der Waals surface area contributed by atoms with Crippen LogP contribution in [0.5, 0.6) is 0 Å². The molecule has 0 spiro atoms. The maximum atomic E-state index is 9.30. The Morgan fingerprint density at radius 2 is 2.22 bits per heavy atom. The van der Waals surface area contributed by atoms with Crippen molar-refractivity contribution in [2.24, 2.45) is 0 Å². The fraction of sp³-hybridized carbons (Fsp3) is 1.00. The summed E-state index contributed by atoms with van der Waals surface area (Å²) in [6.45, 7) is 0.780. The van der Waals surface area contributed by atoms with Gasteiger partial charge in [0.1, 0.15) is 0 Å². The molecule has 0 amide bonds. The van der Waals surface area contributed by atoms with Crippen molar-refractivity contribution in [3.05, 3.63) is 0 Å². The van der Waals surface area contributed by atoms with Crippen LogP contribution in [0.15, 0.2) is 0 Å². The van der Waals surface area contributed by atoms with Crippen molar-refractivity contribution in [1.82, 2.24) is 0 Å². The van der Waals surface area contributed by atoms with Crippen molar-refractivity contribution < 1.29 is 9.84 Å². The van der Waals surface area contributed by atoms with Crippen molar-refractivity contribution in [1.29, 1.82) is 0 Å². The molecule has 0 bridgehead atoms. The lowest BCUT2D eigenvalue weighted by molar-refractivity contribution is 0.117. The average Bonchev–Trinajstić information content (AvgIpc) is 2.50. The summed E-state index contributed by atoms with van der Waals surface area (Å²) in [6, 6.07) is 0. The van der Waals surface area contributed by atoms with Crippen LogP contribution in [0, 0.1) is 0 Å². The number of rotatable bonds is 4.